The molecule has 1 aromatic carbocycles. The Balaban J connectivity index is 2.40. The second kappa shape index (κ2) is 8.16. The Bertz CT molecular complexity index is 363. The Morgan fingerprint density at radius 3 is 2.44 bits per heavy atom. The molecule has 0 spiro atoms. The van der Waals surface area contributed by atoms with E-state index in [1.54, 1.807) is 19.0 Å². The lowest BCUT2D eigenvalue weighted by atomic mass is 10.1. The predicted molar refractivity (Wildman–Crippen MR) is 78.2 cm³/mol. The SMILES string of the molecule is CNCCCCc1ccc(SC(=O)N(C)C)cc1. The fourth-order valence-corrected chi connectivity index (χ4v) is 2.20. The van der Waals surface area contributed by atoms with Gasteiger partial charge in [-0.25, -0.2) is 0 Å². The number of nitrogens with zero attached hydrogens (tertiary/aromatic N) is 1. The van der Waals surface area contributed by atoms with Gasteiger partial charge < -0.3 is 10.2 Å². The standard InChI is InChI=1S/C14H22N2OS/c1-15-11-5-4-6-12-7-9-13(10-8-12)18-14(17)16(2)3/h7-10,15H,4-6,11H2,1-3H3. The van der Waals surface area contributed by atoms with Crippen LogP contribution in [0.2, 0.25) is 0 Å². The highest BCUT2D eigenvalue weighted by Crippen LogP contribution is 2.21. The van der Waals surface area contributed by atoms with Gasteiger partial charge in [0.2, 0.25) is 0 Å². The number of rotatable bonds is 6. The number of unbranched alkanes of at least 4 members (excludes halogenated alkanes) is 1. The number of hydrogen-bond acceptors (Lipinski definition) is 3. The Labute approximate surface area is 114 Å². The smallest absolute Gasteiger partial charge is 0.285 e. The predicted octanol–water partition coefficient (Wildman–Crippen LogP) is 3.00. The number of carbonyl (C=O) groups excluding carboxylic acids is 1. The van der Waals surface area contributed by atoms with Crippen LogP contribution in [0.15, 0.2) is 29.2 Å². The summed E-state index contributed by atoms with van der Waals surface area (Å²) >= 11 is 1.27. The van der Waals surface area contributed by atoms with Crippen molar-refractivity contribution in [2.24, 2.45) is 0 Å². The van der Waals surface area contributed by atoms with Crippen molar-refractivity contribution in [3.05, 3.63) is 29.8 Å². The van der Waals surface area contributed by atoms with Gasteiger partial charge in [0, 0.05) is 19.0 Å². The van der Waals surface area contributed by atoms with Crippen LogP contribution in [0.5, 0.6) is 0 Å². The molecule has 0 saturated carbocycles. The first kappa shape index (κ1) is 15.1. The Morgan fingerprint density at radius 1 is 1.22 bits per heavy atom. The molecule has 0 aromatic heterocycles. The van der Waals surface area contributed by atoms with Crippen LogP contribution in [-0.4, -0.2) is 37.8 Å². The van der Waals surface area contributed by atoms with Crippen molar-refractivity contribution in [2.45, 2.75) is 24.2 Å². The second-order valence-corrected chi connectivity index (χ2v) is 5.49. The van der Waals surface area contributed by atoms with E-state index >= 15 is 0 Å². The molecule has 0 bridgehead atoms. The van der Waals surface area contributed by atoms with Crippen molar-refractivity contribution in [2.75, 3.05) is 27.7 Å². The largest absolute Gasteiger partial charge is 0.339 e. The minimum Gasteiger partial charge on any atom is -0.339 e. The first-order chi connectivity index (χ1) is 8.63. The van der Waals surface area contributed by atoms with E-state index in [0.29, 0.717) is 0 Å². The number of amides is 1. The van der Waals surface area contributed by atoms with Crippen LogP contribution in [0.3, 0.4) is 0 Å². The van der Waals surface area contributed by atoms with Gasteiger partial charge in [-0.05, 0) is 62.3 Å². The van der Waals surface area contributed by atoms with Crippen molar-refractivity contribution in [3.63, 3.8) is 0 Å². The van der Waals surface area contributed by atoms with Crippen LogP contribution >= 0.6 is 11.8 Å². The molecular weight excluding hydrogens is 244 g/mol. The average molecular weight is 266 g/mol. The highest BCUT2D eigenvalue weighted by Gasteiger charge is 2.06. The lowest BCUT2D eigenvalue weighted by molar-refractivity contribution is 0.241. The molecule has 1 aromatic rings. The minimum atomic E-state index is 0.0665. The summed E-state index contributed by atoms with van der Waals surface area (Å²) in [6.07, 6.45) is 3.50. The van der Waals surface area contributed by atoms with E-state index in [1.165, 1.54) is 30.2 Å². The fourth-order valence-electron chi connectivity index (χ4n) is 1.55. The molecule has 0 aliphatic heterocycles. The topological polar surface area (TPSA) is 32.3 Å². The van der Waals surface area contributed by atoms with Crippen LogP contribution in [0, 0.1) is 0 Å². The van der Waals surface area contributed by atoms with Crippen molar-refractivity contribution < 1.29 is 4.79 Å². The van der Waals surface area contributed by atoms with Crippen LogP contribution in [0.1, 0.15) is 18.4 Å². The first-order valence-electron chi connectivity index (χ1n) is 6.26. The number of hydrogen-bond donors (Lipinski definition) is 1. The van der Waals surface area contributed by atoms with Gasteiger partial charge in [0.15, 0.2) is 0 Å². The summed E-state index contributed by atoms with van der Waals surface area (Å²) in [4.78, 5) is 14.1. The van der Waals surface area contributed by atoms with Gasteiger partial charge in [-0.2, -0.15) is 0 Å². The molecule has 3 nitrogen and oxygen atoms in total. The van der Waals surface area contributed by atoms with Crippen LogP contribution < -0.4 is 5.32 Å². The van der Waals surface area contributed by atoms with Gasteiger partial charge in [0.1, 0.15) is 0 Å². The van der Waals surface area contributed by atoms with Crippen molar-refractivity contribution >= 4 is 17.0 Å². The monoisotopic (exact) mass is 266 g/mol. The molecule has 1 N–H and O–H groups in total. The molecule has 1 amide bonds. The molecule has 0 aliphatic rings. The molecule has 18 heavy (non-hydrogen) atoms. The maximum Gasteiger partial charge on any atom is 0.285 e. The zero-order valence-corrected chi connectivity index (χ0v) is 12.2. The van der Waals surface area contributed by atoms with E-state index in [4.69, 9.17) is 0 Å². The minimum absolute atomic E-state index is 0.0665. The van der Waals surface area contributed by atoms with Crippen LogP contribution in [-0.2, 0) is 6.42 Å². The first-order valence-corrected chi connectivity index (χ1v) is 7.08. The maximum atomic E-state index is 11.5. The quantitative estimate of drug-likeness (QED) is 0.634. The number of benzene rings is 1. The molecule has 1 rings (SSSR count). The summed E-state index contributed by atoms with van der Waals surface area (Å²) in [5, 5.41) is 3.22. The molecule has 0 atom stereocenters. The van der Waals surface area contributed by atoms with Gasteiger partial charge in [-0.15, -0.1) is 0 Å². The van der Waals surface area contributed by atoms with Gasteiger partial charge >= 0.3 is 0 Å². The number of thioether (sulfide) groups is 1. The van der Waals surface area contributed by atoms with E-state index in [9.17, 15) is 4.79 Å². The van der Waals surface area contributed by atoms with Crippen molar-refractivity contribution in [1.29, 1.82) is 0 Å². The van der Waals surface area contributed by atoms with E-state index in [2.05, 4.69) is 17.4 Å². The van der Waals surface area contributed by atoms with E-state index in [1.807, 2.05) is 19.2 Å². The number of aryl methyl sites for hydroxylation is 1. The lowest BCUT2D eigenvalue weighted by Gasteiger charge is -2.09. The molecule has 0 saturated heterocycles. The molecule has 0 fully saturated rings. The van der Waals surface area contributed by atoms with Gasteiger partial charge in [-0.1, -0.05) is 12.1 Å². The number of carbonyl (C=O) groups is 1. The van der Waals surface area contributed by atoms with Crippen molar-refractivity contribution in [3.8, 4) is 0 Å². The Hall–Kier alpha value is -1.00. The molecule has 0 aliphatic carbocycles. The third-order valence-corrected chi connectivity index (χ3v) is 3.68. The molecule has 0 unspecified atom stereocenters. The molecular formula is C14H22N2OS. The van der Waals surface area contributed by atoms with Gasteiger partial charge in [-0.3, -0.25) is 4.79 Å². The zero-order chi connectivity index (χ0) is 13.4. The van der Waals surface area contributed by atoms with E-state index in [-0.39, 0.29) is 5.24 Å². The third kappa shape index (κ3) is 5.56. The summed E-state index contributed by atoms with van der Waals surface area (Å²) in [5.74, 6) is 0. The maximum absolute atomic E-state index is 11.5. The van der Waals surface area contributed by atoms with E-state index in [0.717, 1.165) is 17.9 Å². The summed E-state index contributed by atoms with van der Waals surface area (Å²) in [5.41, 5.74) is 1.34. The van der Waals surface area contributed by atoms with Crippen LogP contribution in [0.4, 0.5) is 4.79 Å². The molecule has 0 heterocycles. The normalized spacial score (nSPS) is 10.4. The Morgan fingerprint density at radius 2 is 1.89 bits per heavy atom. The molecule has 0 radical (unpaired) electrons. The van der Waals surface area contributed by atoms with Crippen LogP contribution in [0.25, 0.3) is 0 Å². The summed E-state index contributed by atoms with van der Waals surface area (Å²) in [6.45, 7) is 1.07. The highest BCUT2D eigenvalue weighted by molar-refractivity contribution is 8.13. The Kier molecular flexibility index (Phi) is 6.83. The van der Waals surface area contributed by atoms with Gasteiger partial charge in [0.05, 0.1) is 0 Å². The highest BCUT2D eigenvalue weighted by atomic mass is 32.2. The number of nitrogens with one attached hydrogen (secondary N) is 1. The third-order valence-electron chi connectivity index (χ3n) is 2.64. The van der Waals surface area contributed by atoms with Crippen molar-refractivity contribution in [1.82, 2.24) is 10.2 Å². The average Bonchev–Trinajstić information content (AvgIpc) is 2.36. The zero-order valence-electron chi connectivity index (χ0n) is 11.4. The van der Waals surface area contributed by atoms with E-state index < -0.39 is 0 Å². The summed E-state index contributed by atoms with van der Waals surface area (Å²) in [6, 6.07) is 8.29. The molecule has 4 heteroatoms. The lowest BCUT2D eigenvalue weighted by Crippen LogP contribution is -2.15. The summed E-state index contributed by atoms with van der Waals surface area (Å²) in [7, 11) is 5.52. The second-order valence-electron chi connectivity index (χ2n) is 4.47. The fraction of sp³-hybridized carbons (Fsp3) is 0.500. The summed E-state index contributed by atoms with van der Waals surface area (Å²) < 4.78 is 0. The van der Waals surface area contributed by atoms with Gasteiger partial charge in [0.25, 0.3) is 5.24 Å². The molecule has 100 valence electrons.